The number of nitro groups is 1. The molecule has 100 valence electrons. The molecule has 4 heteroatoms. The first-order valence-electron chi connectivity index (χ1n) is 6.90. The lowest BCUT2D eigenvalue weighted by atomic mass is 9.83. The number of ketones is 1. The standard InChI is InChI=1S/C15H17NO3/c17-15(13-8-10-5-6-11(13)7-10)9-12-3-1-2-4-14(12)16(18)19/h1-4,10-11,13H,5-9H2. The summed E-state index contributed by atoms with van der Waals surface area (Å²) in [7, 11) is 0. The van der Waals surface area contributed by atoms with Crippen molar-refractivity contribution in [3.8, 4) is 0 Å². The van der Waals surface area contributed by atoms with Crippen molar-refractivity contribution in [3.05, 3.63) is 39.9 Å². The number of carbonyl (C=O) groups is 1. The van der Waals surface area contributed by atoms with E-state index in [-0.39, 0.29) is 23.8 Å². The molecule has 19 heavy (non-hydrogen) atoms. The van der Waals surface area contributed by atoms with Gasteiger partial charge in [0.05, 0.1) is 4.92 Å². The SMILES string of the molecule is O=C(Cc1ccccc1[N+](=O)[O-])C1CC2CCC1C2. The highest BCUT2D eigenvalue weighted by atomic mass is 16.6. The molecular formula is C15H17NO3. The summed E-state index contributed by atoms with van der Waals surface area (Å²) in [6.07, 6.45) is 4.83. The molecule has 0 spiro atoms. The van der Waals surface area contributed by atoms with E-state index in [1.165, 1.54) is 18.9 Å². The van der Waals surface area contributed by atoms with Gasteiger partial charge in [0, 0.05) is 24.0 Å². The molecule has 0 N–H and O–H groups in total. The fraction of sp³-hybridized carbons (Fsp3) is 0.533. The lowest BCUT2D eigenvalue weighted by Gasteiger charge is -2.20. The van der Waals surface area contributed by atoms with Gasteiger partial charge in [-0.15, -0.1) is 0 Å². The van der Waals surface area contributed by atoms with Crippen molar-refractivity contribution in [2.24, 2.45) is 17.8 Å². The number of nitro benzene ring substituents is 1. The smallest absolute Gasteiger partial charge is 0.273 e. The number of hydrogen-bond donors (Lipinski definition) is 0. The van der Waals surface area contributed by atoms with Crippen molar-refractivity contribution in [1.29, 1.82) is 0 Å². The third-order valence-electron chi connectivity index (χ3n) is 4.70. The number of hydrogen-bond acceptors (Lipinski definition) is 3. The van der Waals surface area contributed by atoms with Crippen molar-refractivity contribution in [2.45, 2.75) is 32.1 Å². The monoisotopic (exact) mass is 259 g/mol. The highest BCUT2D eigenvalue weighted by Crippen LogP contribution is 2.48. The van der Waals surface area contributed by atoms with Gasteiger partial charge in [-0.05, 0) is 31.1 Å². The molecule has 0 heterocycles. The Bertz CT molecular complexity index is 526. The summed E-state index contributed by atoms with van der Waals surface area (Å²) < 4.78 is 0. The van der Waals surface area contributed by atoms with Crippen molar-refractivity contribution < 1.29 is 9.72 Å². The van der Waals surface area contributed by atoms with Gasteiger partial charge in [-0.2, -0.15) is 0 Å². The van der Waals surface area contributed by atoms with Crippen molar-refractivity contribution in [2.75, 3.05) is 0 Å². The first-order chi connectivity index (χ1) is 9.15. The topological polar surface area (TPSA) is 60.2 Å². The molecule has 2 fully saturated rings. The second kappa shape index (κ2) is 4.76. The van der Waals surface area contributed by atoms with Gasteiger partial charge in [0.25, 0.3) is 5.69 Å². The first kappa shape index (κ1) is 12.3. The van der Waals surface area contributed by atoms with Gasteiger partial charge >= 0.3 is 0 Å². The fourth-order valence-corrected chi connectivity index (χ4v) is 3.80. The van der Waals surface area contributed by atoms with E-state index in [0.29, 0.717) is 11.5 Å². The normalized spacial score (nSPS) is 28.5. The molecule has 0 aromatic heterocycles. The Balaban J connectivity index is 1.75. The van der Waals surface area contributed by atoms with E-state index in [1.807, 2.05) is 0 Å². The van der Waals surface area contributed by atoms with Crippen molar-refractivity contribution in [1.82, 2.24) is 0 Å². The van der Waals surface area contributed by atoms with E-state index in [9.17, 15) is 14.9 Å². The Morgan fingerprint density at radius 1 is 1.26 bits per heavy atom. The first-order valence-corrected chi connectivity index (χ1v) is 6.90. The van der Waals surface area contributed by atoms with Gasteiger partial charge in [0.15, 0.2) is 0 Å². The molecule has 1 aromatic rings. The minimum atomic E-state index is -0.399. The van der Waals surface area contributed by atoms with E-state index < -0.39 is 4.92 Å². The molecule has 0 amide bonds. The molecule has 3 rings (SSSR count). The molecule has 3 unspecified atom stereocenters. The van der Waals surface area contributed by atoms with E-state index in [1.54, 1.807) is 18.2 Å². The average molecular weight is 259 g/mol. The number of rotatable bonds is 4. The Morgan fingerprint density at radius 2 is 2.05 bits per heavy atom. The van der Waals surface area contributed by atoms with Crippen LogP contribution in [0.15, 0.2) is 24.3 Å². The zero-order valence-electron chi connectivity index (χ0n) is 10.7. The van der Waals surface area contributed by atoms with Crippen LogP contribution in [-0.2, 0) is 11.2 Å². The maximum absolute atomic E-state index is 12.4. The van der Waals surface area contributed by atoms with Gasteiger partial charge in [-0.1, -0.05) is 24.6 Å². The van der Waals surface area contributed by atoms with Crippen molar-refractivity contribution in [3.63, 3.8) is 0 Å². The predicted octanol–water partition coefficient (Wildman–Crippen LogP) is 3.14. The minimum absolute atomic E-state index is 0.0685. The maximum atomic E-state index is 12.4. The molecule has 2 aliphatic carbocycles. The number of Topliss-reactive ketones (excluding diaryl/α,β-unsaturated/α-hetero) is 1. The lowest BCUT2D eigenvalue weighted by molar-refractivity contribution is -0.385. The number of carbonyl (C=O) groups excluding carboxylic acids is 1. The lowest BCUT2D eigenvalue weighted by Crippen LogP contribution is -2.22. The van der Waals surface area contributed by atoms with Crippen LogP contribution in [0.3, 0.4) is 0 Å². The van der Waals surface area contributed by atoms with Gasteiger partial charge in [0.1, 0.15) is 5.78 Å². The maximum Gasteiger partial charge on any atom is 0.273 e. The van der Waals surface area contributed by atoms with Gasteiger partial charge in [-0.3, -0.25) is 14.9 Å². The van der Waals surface area contributed by atoms with Crippen molar-refractivity contribution >= 4 is 11.5 Å². The summed E-state index contributed by atoms with van der Waals surface area (Å²) in [5, 5.41) is 10.9. The summed E-state index contributed by atoms with van der Waals surface area (Å²) in [4.78, 5) is 22.9. The third kappa shape index (κ3) is 2.27. The fourth-order valence-electron chi connectivity index (χ4n) is 3.80. The molecule has 2 bridgehead atoms. The number of benzene rings is 1. The molecule has 3 atom stereocenters. The molecule has 4 nitrogen and oxygen atoms in total. The molecular weight excluding hydrogens is 242 g/mol. The van der Waals surface area contributed by atoms with Crippen LogP contribution in [-0.4, -0.2) is 10.7 Å². The summed E-state index contributed by atoms with van der Waals surface area (Å²) in [6.45, 7) is 0. The Hall–Kier alpha value is -1.71. The Morgan fingerprint density at radius 3 is 2.68 bits per heavy atom. The third-order valence-corrected chi connectivity index (χ3v) is 4.70. The summed E-state index contributed by atoms with van der Waals surface area (Å²) in [5.74, 6) is 1.62. The predicted molar refractivity (Wildman–Crippen MR) is 70.7 cm³/mol. The summed E-state index contributed by atoms with van der Waals surface area (Å²) in [5.41, 5.74) is 0.624. The molecule has 1 aromatic carbocycles. The largest absolute Gasteiger partial charge is 0.299 e. The number of fused-ring (bicyclic) bond motifs is 2. The van der Waals surface area contributed by atoms with Gasteiger partial charge in [0.2, 0.25) is 0 Å². The number of nitrogens with zero attached hydrogens (tertiary/aromatic N) is 1. The summed E-state index contributed by atoms with van der Waals surface area (Å²) >= 11 is 0. The van der Waals surface area contributed by atoms with Gasteiger partial charge < -0.3 is 0 Å². The highest BCUT2D eigenvalue weighted by Gasteiger charge is 2.42. The molecule has 2 saturated carbocycles. The van der Waals surface area contributed by atoms with Gasteiger partial charge in [-0.25, -0.2) is 0 Å². The number of para-hydroxylation sites is 1. The molecule has 0 aliphatic heterocycles. The Labute approximate surface area is 112 Å². The average Bonchev–Trinajstić information content (AvgIpc) is 3.01. The van der Waals surface area contributed by atoms with Crippen LogP contribution < -0.4 is 0 Å². The molecule has 2 aliphatic rings. The Kier molecular flexibility index (Phi) is 3.09. The van der Waals surface area contributed by atoms with Crippen LogP contribution in [0.5, 0.6) is 0 Å². The quantitative estimate of drug-likeness (QED) is 0.616. The van der Waals surface area contributed by atoms with E-state index in [4.69, 9.17) is 0 Å². The minimum Gasteiger partial charge on any atom is -0.299 e. The summed E-state index contributed by atoms with van der Waals surface area (Å²) in [6, 6.07) is 6.58. The van der Waals surface area contributed by atoms with Crippen LogP contribution in [0.4, 0.5) is 5.69 Å². The van der Waals surface area contributed by atoms with Crippen LogP contribution in [0.2, 0.25) is 0 Å². The second-order valence-corrected chi connectivity index (χ2v) is 5.81. The van der Waals surface area contributed by atoms with E-state index in [2.05, 4.69) is 0 Å². The zero-order chi connectivity index (χ0) is 13.4. The van der Waals surface area contributed by atoms with E-state index in [0.717, 1.165) is 18.8 Å². The zero-order valence-corrected chi connectivity index (χ0v) is 10.7. The highest BCUT2D eigenvalue weighted by molar-refractivity contribution is 5.84. The van der Waals surface area contributed by atoms with E-state index >= 15 is 0 Å². The molecule has 0 radical (unpaired) electrons. The second-order valence-electron chi connectivity index (χ2n) is 5.81. The van der Waals surface area contributed by atoms with Crippen LogP contribution in [0.1, 0.15) is 31.2 Å². The molecule has 0 saturated heterocycles. The van der Waals surface area contributed by atoms with Crippen LogP contribution in [0, 0.1) is 27.9 Å². The van der Waals surface area contributed by atoms with Crippen LogP contribution in [0.25, 0.3) is 0 Å². The van der Waals surface area contributed by atoms with Crippen LogP contribution >= 0.6 is 0 Å².